The van der Waals surface area contributed by atoms with Crippen molar-refractivity contribution in [1.29, 1.82) is 0 Å². The van der Waals surface area contributed by atoms with Gasteiger partial charge in [0.25, 0.3) is 11.8 Å². The maximum atomic E-state index is 12.7. The molecule has 0 aliphatic carbocycles. The molecule has 11 heteroatoms. The molecule has 0 radical (unpaired) electrons. The second-order valence-electron chi connectivity index (χ2n) is 5.60. The van der Waals surface area contributed by atoms with Gasteiger partial charge in [-0.25, -0.2) is 0 Å². The summed E-state index contributed by atoms with van der Waals surface area (Å²) in [6.45, 7) is 2.91. The molecule has 0 aromatic rings. The van der Waals surface area contributed by atoms with Crippen LogP contribution in [0.25, 0.3) is 0 Å². The Morgan fingerprint density at radius 1 is 1.04 bits per heavy atom. The van der Waals surface area contributed by atoms with Gasteiger partial charge in [0.2, 0.25) is 5.72 Å². The van der Waals surface area contributed by atoms with Crippen molar-refractivity contribution in [2.24, 2.45) is 11.8 Å². The Morgan fingerprint density at radius 2 is 1.50 bits per heavy atom. The van der Waals surface area contributed by atoms with E-state index in [4.69, 9.17) is 69.6 Å². The van der Waals surface area contributed by atoms with Crippen LogP contribution >= 0.6 is 69.6 Å². The lowest BCUT2D eigenvalue weighted by Crippen LogP contribution is -2.69. The number of hydrogen-bond donors (Lipinski definition) is 1. The highest BCUT2D eigenvalue weighted by Gasteiger charge is 2.59. The molecule has 0 spiro atoms. The minimum Gasteiger partial charge on any atom is -0.363 e. The lowest BCUT2D eigenvalue weighted by Gasteiger charge is -2.48. The molecule has 0 saturated carbocycles. The largest absolute Gasteiger partial charge is 0.363 e. The van der Waals surface area contributed by atoms with E-state index in [1.54, 1.807) is 6.92 Å². The van der Waals surface area contributed by atoms with Gasteiger partial charge in [0.15, 0.2) is 7.59 Å². The number of amides is 2. The van der Waals surface area contributed by atoms with Crippen LogP contribution in [0.4, 0.5) is 0 Å². The number of halogens is 6. The van der Waals surface area contributed by atoms with Gasteiger partial charge in [-0.05, 0) is 6.08 Å². The van der Waals surface area contributed by atoms with E-state index >= 15 is 0 Å². The van der Waals surface area contributed by atoms with Crippen LogP contribution < -0.4 is 0 Å². The summed E-state index contributed by atoms with van der Waals surface area (Å²) in [6.07, 6.45) is 1.34. The summed E-state index contributed by atoms with van der Waals surface area (Å²) in [5.74, 6) is -3.40. The van der Waals surface area contributed by atoms with Gasteiger partial charge in [-0.3, -0.25) is 9.59 Å². The second-order valence-corrected chi connectivity index (χ2v) is 10.3. The summed E-state index contributed by atoms with van der Waals surface area (Å²) in [5, 5.41) is 10.8. The summed E-state index contributed by atoms with van der Waals surface area (Å²) in [4.78, 5) is 27.1. The SMILES string of the molecule is C[C@H](C(Cl)(Cl)Cl)[C@]1(O)C(=O)N(C)/C(=C/[C@H](C)C(Cl)(Cl)Cl)C(=O)N1C. The smallest absolute Gasteiger partial charge is 0.280 e. The molecule has 1 fully saturated rings. The van der Waals surface area contributed by atoms with E-state index in [1.807, 2.05) is 0 Å². The highest BCUT2D eigenvalue weighted by Crippen LogP contribution is 2.45. The normalized spacial score (nSPS) is 27.7. The fourth-order valence-corrected chi connectivity index (χ4v) is 2.83. The molecule has 1 saturated heterocycles. The van der Waals surface area contributed by atoms with Crippen LogP contribution in [0.2, 0.25) is 0 Å². The molecule has 0 unspecified atom stereocenters. The van der Waals surface area contributed by atoms with E-state index in [-0.39, 0.29) is 5.70 Å². The van der Waals surface area contributed by atoms with Crippen molar-refractivity contribution in [2.45, 2.75) is 27.2 Å². The van der Waals surface area contributed by atoms with Crippen LogP contribution in [0.1, 0.15) is 13.8 Å². The zero-order chi connectivity index (χ0) is 19.2. The fraction of sp³-hybridized carbons (Fsp3) is 0.692. The lowest BCUT2D eigenvalue weighted by molar-refractivity contribution is -0.194. The topological polar surface area (TPSA) is 60.9 Å². The summed E-state index contributed by atoms with van der Waals surface area (Å²) in [7, 11) is 2.54. The van der Waals surface area contributed by atoms with Crippen LogP contribution in [0.3, 0.4) is 0 Å². The van der Waals surface area contributed by atoms with Crippen LogP contribution in [-0.4, -0.2) is 54.1 Å². The standard InChI is InChI=1S/C13H16Cl6N2O3/c1-6(12(14,15)16)5-8-9(22)21(4)11(24,10(23)20(8)3)7(2)13(17,18)19/h5-7,24H,1-4H3/b8-5+/t6-,7-,11-/m0/s1. The Kier molecular flexibility index (Phi) is 6.71. The first-order valence-electron chi connectivity index (χ1n) is 6.70. The molecule has 1 aliphatic heterocycles. The number of carbonyl (C=O) groups is 2. The molecule has 2 amide bonds. The third-order valence-corrected chi connectivity index (χ3v) is 6.05. The molecule has 24 heavy (non-hydrogen) atoms. The molecule has 1 aliphatic rings. The molecule has 3 atom stereocenters. The predicted molar refractivity (Wildman–Crippen MR) is 97.5 cm³/mol. The van der Waals surface area contributed by atoms with Crippen LogP contribution in [0.5, 0.6) is 0 Å². The minimum atomic E-state index is -2.34. The molecule has 0 aromatic heterocycles. The van der Waals surface area contributed by atoms with Crippen molar-refractivity contribution in [3.8, 4) is 0 Å². The van der Waals surface area contributed by atoms with Crippen molar-refractivity contribution in [2.75, 3.05) is 14.1 Å². The molecular weight excluding hydrogens is 445 g/mol. The zero-order valence-electron chi connectivity index (χ0n) is 13.2. The van der Waals surface area contributed by atoms with Crippen molar-refractivity contribution >= 4 is 81.4 Å². The Bertz CT molecular complexity index is 571. The average Bonchev–Trinajstić information content (AvgIpc) is 2.44. The highest BCUT2D eigenvalue weighted by molar-refractivity contribution is 6.68. The van der Waals surface area contributed by atoms with E-state index < -0.39 is 37.0 Å². The number of hydrogen-bond acceptors (Lipinski definition) is 3. The van der Waals surface area contributed by atoms with Gasteiger partial charge < -0.3 is 14.9 Å². The fourth-order valence-electron chi connectivity index (χ4n) is 2.19. The second kappa shape index (κ2) is 7.18. The predicted octanol–water partition coefficient (Wildman–Crippen LogP) is 3.50. The third kappa shape index (κ3) is 4.03. The number of nitrogens with zero attached hydrogens (tertiary/aromatic N) is 2. The summed E-state index contributed by atoms with van der Waals surface area (Å²) < 4.78 is -3.65. The number of rotatable bonds is 2. The van der Waals surface area contributed by atoms with Gasteiger partial charge in [0, 0.05) is 20.0 Å². The monoisotopic (exact) mass is 458 g/mol. The van der Waals surface area contributed by atoms with Gasteiger partial charge >= 0.3 is 0 Å². The molecule has 138 valence electrons. The van der Waals surface area contributed by atoms with Crippen molar-refractivity contribution in [3.63, 3.8) is 0 Å². The Balaban J connectivity index is 3.37. The van der Waals surface area contributed by atoms with Crippen LogP contribution in [0.15, 0.2) is 11.8 Å². The van der Waals surface area contributed by atoms with E-state index in [0.29, 0.717) is 0 Å². The van der Waals surface area contributed by atoms with Gasteiger partial charge in [0.1, 0.15) is 5.70 Å². The molecule has 5 nitrogen and oxygen atoms in total. The van der Waals surface area contributed by atoms with Crippen LogP contribution in [-0.2, 0) is 9.59 Å². The van der Waals surface area contributed by atoms with Crippen molar-refractivity contribution in [1.82, 2.24) is 9.80 Å². The number of piperazine rings is 1. The van der Waals surface area contributed by atoms with E-state index in [1.165, 1.54) is 27.1 Å². The van der Waals surface area contributed by atoms with Crippen molar-refractivity contribution in [3.05, 3.63) is 11.8 Å². The van der Waals surface area contributed by atoms with E-state index in [2.05, 4.69) is 0 Å². The maximum absolute atomic E-state index is 12.7. The molecule has 1 rings (SSSR count). The molecule has 1 N–H and O–H groups in total. The summed E-state index contributed by atoms with van der Waals surface area (Å²) >= 11 is 34.8. The third-order valence-electron chi connectivity index (χ3n) is 4.03. The summed E-state index contributed by atoms with van der Waals surface area (Å²) in [5.41, 5.74) is -2.39. The minimum absolute atomic E-state index is 0.0532. The van der Waals surface area contributed by atoms with E-state index in [0.717, 1.165) is 9.80 Å². The molecule has 0 aromatic carbocycles. The van der Waals surface area contributed by atoms with Gasteiger partial charge in [-0.15, -0.1) is 0 Å². The van der Waals surface area contributed by atoms with Gasteiger partial charge in [-0.2, -0.15) is 0 Å². The molecular formula is C13H16Cl6N2O3. The number of alkyl halides is 6. The van der Waals surface area contributed by atoms with E-state index in [9.17, 15) is 14.7 Å². The first-order chi connectivity index (χ1) is 10.6. The van der Waals surface area contributed by atoms with Gasteiger partial charge in [0.05, 0.1) is 5.92 Å². The van der Waals surface area contributed by atoms with Crippen molar-refractivity contribution < 1.29 is 14.7 Å². The quantitative estimate of drug-likeness (QED) is 0.506. The Hall–Kier alpha value is 0.380. The highest BCUT2D eigenvalue weighted by atomic mass is 35.6. The first kappa shape index (κ1) is 22.4. The lowest BCUT2D eigenvalue weighted by atomic mass is 9.92. The Labute approximate surface area is 170 Å². The number of allylic oxidation sites excluding steroid dienone is 1. The number of carbonyl (C=O) groups excluding carboxylic acids is 2. The zero-order valence-corrected chi connectivity index (χ0v) is 17.7. The van der Waals surface area contributed by atoms with Gasteiger partial charge in [-0.1, -0.05) is 83.5 Å². The molecule has 1 heterocycles. The summed E-state index contributed by atoms with van der Waals surface area (Å²) in [6, 6.07) is 0. The Morgan fingerprint density at radius 3 is 1.88 bits per heavy atom. The maximum Gasteiger partial charge on any atom is 0.280 e. The number of likely N-dealkylation sites (N-methyl/N-ethyl adjacent to an activating group) is 2. The number of aliphatic hydroxyl groups is 1. The average molecular weight is 461 g/mol. The molecule has 0 bridgehead atoms. The first-order valence-corrected chi connectivity index (χ1v) is 8.97. The van der Waals surface area contributed by atoms with Crippen LogP contribution in [0, 0.1) is 11.8 Å².